The van der Waals surface area contributed by atoms with Crippen LogP contribution in [0.25, 0.3) is 10.2 Å². The van der Waals surface area contributed by atoms with Crippen LogP contribution in [-0.2, 0) is 12.8 Å². The fourth-order valence-electron chi connectivity index (χ4n) is 3.86. The number of nitrogens with one attached hydrogen (secondary N) is 2. The Kier molecular flexibility index (Phi) is 4.67. The second kappa shape index (κ2) is 6.97. The van der Waals surface area contributed by atoms with Gasteiger partial charge in [0.05, 0.1) is 11.4 Å². The zero-order valence-corrected chi connectivity index (χ0v) is 16.3. The van der Waals surface area contributed by atoms with Crippen molar-refractivity contribution in [3.05, 3.63) is 62.5 Å². The van der Waals surface area contributed by atoms with Gasteiger partial charge in [-0.05, 0) is 50.2 Å². The minimum Gasteiger partial charge on any atom is -0.309 e. The number of aromatic amines is 1. The molecule has 3 atom stereocenters. The molecule has 5 heteroatoms. The average molecular weight is 368 g/mol. The summed E-state index contributed by atoms with van der Waals surface area (Å²) >= 11 is 1.71. The molecule has 1 aliphatic carbocycles. The van der Waals surface area contributed by atoms with Crippen molar-refractivity contribution in [1.82, 2.24) is 15.3 Å². The molecule has 0 radical (unpaired) electrons. The lowest BCUT2D eigenvalue weighted by Crippen LogP contribution is -2.26. The Hall–Kier alpha value is -1.98. The molecule has 2 aromatic heterocycles. The third kappa shape index (κ3) is 3.21. The molecule has 0 spiro atoms. The van der Waals surface area contributed by atoms with Gasteiger partial charge >= 0.3 is 0 Å². The van der Waals surface area contributed by atoms with Gasteiger partial charge in [0.25, 0.3) is 5.56 Å². The van der Waals surface area contributed by atoms with Gasteiger partial charge in [-0.3, -0.25) is 4.79 Å². The molecular formula is C21H25N3OS. The SMILES string of the molecule is C[C@@H]1CCc2c(sc3nc([C@@H](C)N[C@@H](C)c4ccccc4)[nH]c(=O)c23)C1. The van der Waals surface area contributed by atoms with Crippen molar-refractivity contribution in [2.45, 2.75) is 52.1 Å². The van der Waals surface area contributed by atoms with Gasteiger partial charge in [-0.1, -0.05) is 37.3 Å². The van der Waals surface area contributed by atoms with E-state index in [1.54, 1.807) is 11.3 Å². The molecule has 1 aromatic carbocycles. The Morgan fingerprint density at radius 1 is 1.23 bits per heavy atom. The van der Waals surface area contributed by atoms with Gasteiger partial charge in [-0.2, -0.15) is 0 Å². The van der Waals surface area contributed by atoms with Gasteiger partial charge in [0.1, 0.15) is 10.7 Å². The summed E-state index contributed by atoms with van der Waals surface area (Å²) in [5, 5.41) is 4.37. The summed E-state index contributed by atoms with van der Waals surface area (Å²) in [5.74, 6) is 1.42. The minimum absolute atomic E-state index is 0.0121. The standard InChI is InChI=1S/C21H25N3OS/c1-12-9-10-16-17(11-12)26-21-18(16)20(25)23-19(24-21)14(3)22-13(2)15-7-5-4-6-8-15/h4-8,12-14,22H,9-11H2,1-3H3,(H,23,24,25)/t12-,13+,14-/m1/s1. The first-order valence-electron chi connectivity index (χ1n) is 9.38. The number of aryl methyl sites for hydroxylation is 1. The zero-order chi connectivity index (χ0) is 18.3. The van der Waals surface area contributed by atoms with E-state index in [4.69, 9.17) is 4.98 Å². The summed E-state index contributed by atoms with van der Waals surface area (Å²) in [6, 6.07) is 10.5. The Morgan fingerprint density at radius 3 is 2.77 bits per heavy atom. The van der Waals surface area contributed by atoms with Crippen molar-refractivity contribution in [2.75, 3.05) is 0 Å². The predicted octanol–water partition coefficient (Wildman–Crippen LogP) is 4.52. The third-order valence-corrected chi connectivity index (χ3v) is 6.54. The van der Waals surface area contributed by atoms with Crippen molar-refractivity contribution >= 4 is 21.6 Å². The smallest absolute Gasteiger partial charge is 0.259 e. The first kappa shape index (κ1) is 17.4. The Labute approximate surface area is 157 Å². The van der Waals surface area contributed by atoms with Crippen molar-refractivity contribution in [3.63, 3.8) is 0 Å². The maximum absolute atomic E-state index is 12.8. The summed E-state index contributed by atoms with van der Waals surface area (Å²) in [7, 11) is 0. The topological polar surface area (TPSA) is 57.8 Å². The van der Waals surface area contributed by atoms with E-state index in [0.717, 1.165) is 35.3 Å². The van der Waals surface area contributed by atoms with Gasteiger partial charge in [0.2, 0.25) is 0 Å². The molecule has 0 saturated carbocycles. The number of nitrogens with zero attached hydrogens (tertiary/aromatic N) is 1. The Balaban J connectivity index is 1.64. The molecule has 0 aliphatic heterocycles. The number of benzene rings is 1. The van der Waals surface area contributed by atoms with Gasteiger partial charge in [-0.15, -0.1) is 11.3 Å². The van der Waals surface area contributed by atoms with E-state index in [1.165, 1.54) is 16.0 Å². The lowest BCUT2D eigenvalue weighted by atomic mass is 9.89. The summed E-state index contributed by atoms with van der Waals surface area (Å²) in [6.45, 7) is 6.47. The highest BCUT2D eigenvalue weighted by Crippen LogP contribution is 2.35. The lowest BCUT2D eigenvalue weighted by Gasteiger charge is -2.20. The number of rotatable bonds is 4. The quantitative estimate of drug-likeness (QED) is 0.713. The van der Waals surface area contributed by atoms with E-state index < -0.39 is 0 Å². The van der Waals surface area contributed by atoms with Gasteiger partial charge < -0.3 is 10.3 Å². The molecule has 3 aromatic rings. The zero-order valence-electron chi connectivity index (χ0n) is 15.5. The van der Waals surface area contributed by atoms with Crippen LogP contribution < -0.4 is 10.9 Å². The molecule has 2 heterocycles. The van der Waals surface area contributed by atoms with Crippen LogP contribution in [0, 0.1) is 5.92 Å². The molecule has 4 rings (SSSR count). The number of thiophene rings is 1. The highest BCUT2D eigenvalue weighted by molar-refractivity contribution is 7.18. The Bertz CT molecular complexity index is 976. The van der Waals surface area contributed by atoms with E-state index in [-0.39, 0.29) is 17.6 Å². The molecule has 0 fully saturated rings. The highest BCUT2D eigenvalue weighted by atomic mass is 32.1. The fourth-order valence-corrected chi connectivity index (χ4v) is 5.25. The number of aromatic nitrogens is 2. The lowest BCUT2D eigenvalue weighted by molar-refractivity contribution is 0.477. The van der Waals surface area contributed by atoms with Crippen LogP contribution in [0.1, 0.15) is 61.1 Å². The molecule has 1 aliphatic rings. The average Bonchev–Trinajstić information content (AvgIpc) is 3.00. The summed E-state index contributed by atoms with van der Waals surface area (Å²) < 4.78 is 0. The largest absolute Gasteiger partial charge is 0.309 e. The number of hydrogen-bond acceptors (Lipinski definition) is 4. The van der Waals surface area contributed by atoms with Crippen LogP contribution in [0.4, 0.5) is 0 Å². The summed E-state index contributed by atoms with van der Waals surface area (Å²) in [4.78, 5) is 22.8. The number of fused-ring (bicyclic) bond motifs is 3. The van der Waals surface area contributed by atoms with Gasteiger partial charge in [0, 0.05) is 10.9 Å². The molecule has 26 heavy (non-hydrogen) atoms. The molecule has 4 nitrogen and oxygen atoms in total. The van der Waals surface area contributed by atoms with Crippen molar-refractivity contribution in [2.24, 2.45) is 5.92 Å². The number of H-pyrrole nitrogens is 1. The van der Waals surface area contributed by atoms with E-state index in [1.807, 2.05) is 18.2 Å². The van der Waals surface area contributed by atoms with E-state index in [0.29, 0.717) is 5.92 Å². The van der Waals surface area contributed by atoms with Crippen molar-refractivity contribution < 1.29 is 0 Å². The van der Waals surface area contributed by atoms with Crippen LogP contribution in [0.5, 0.6) is 0 Å². The van der Waals surface area contributed by atoms with Crippen LogP contribution >= 0.6 is 11.3 Å². The minimum atomic E-state index is -0.0274. The number of hydrogen-bond donors (Lipinski definition) is 2. The predicted molar refractivity (Wildman–Crippen MR) is 108 cm³/mol. The van der Waals surface area contributed by atoms with Crippen LogP contribution in [0.3, 0.4) is 0 Å². The first-order chi connectivity index (χ1) is 12.5. The molecule has 0 bridgehead atoms. The van der Waals surface area contributed by atoms with Crippen molar-refractivity contribution in [3.8, 4) is 0 Å². The van der Waals surface area contributed by atoms with Crippen LogP contribution in [-0.4, -0.2) is 9.97 Å². The second-order valence-corrected chi connectivity index (χ2v) is 8.59. The summed E-state index contributed by atoms with van der Waals surface area (Å²) in [5.41, 5.74) is 2.48. The van der Waals surface area contributed by atoms with E-state index in [9.17, 15) is 4.79 Å². The van der Waals surface area contributed by atoms with Gasteiger partial charge in [0.15, 0.2) is 0 Å². The Morgan fingerprint density at radius 2 is 2.00 bits per heavy atom. The maximum atomic E-state index is 12.8. The molecule has 0 amide bonds. The highest BCUT2D eigenvalue weighted by Gasteiger charge is 2.24. The second-order valence-electron chi connectivity index (χ2n) is 7.50. The summed E-state index contributed by atoms with van der Waals surface area (Å²) in [6.07, 6.45) is 3.23. The maximum Gasteiger partial charge on any atom is 0.259 e. The molecular weight excluding hydrogens is 342 g/mol. The molecule has 2 N–H and O–H groups in total. The molecule has 0 unspecified atom stereocenters. The van der Waals surface area contributed by atoms with Crippen molar-refractivity contribution in [1.29, 1.82) is 0 Å². The van der Waals surface area contributed by atoms with Crippen LogP contribution in [0.2, 0.25) is 0 Å². The van der Waals surface area contributed by atoms with Gasteiger partial charge in [-0.25, -0.2) is 4.98 Å². The van der Waals surface area contributed by atoms with E-state index >= 15 is 0 Å². The van der Waals surface area contributed by atoms with E-state index in [2.05, 4.69) is 43.2 Å². The van der Waals surface area contributed by atoms with Crippen LogP contribution in [0.15, 0.2) is 35.1 Å². The molecule has 136 valence electrons. The fraction of sp³-hybridized carbons (Fsp3) is 0.429. The normalized spacial score (nSPS) is 19.3. The molecule has 0 saturated heterocycles. The third-order valence-electron chi connectivity index (χ3n) is 5.39. The first-order valence-corrected chi connectivity index (χ1v) is 10.2. The monoisotopic (exact) mass is 367 g/mol.